The Morgan fingerprint density at radius 1 is 1.00 bits per heavy atom. The molecule has 0 fully saturated rings. The van der Waals surface area contributed by atoms with Crippen LogP contribution in [0, 0.1) is 0 Å². The molecule has 9 heteroatoms. The Morgan fingerprint density at radius 2 is 1.62 bits per heavy atom. The molecule has 1 aliphatic rings. The first kappa shape index (κ1) is 27.3. The molecule has 0 bridgehead atoms. The van der Waals surface area contributed by atoms with Gasteiger partial charge in [0.05, 0.1) is 5.52 Å². The van der Waals surface area contributed by atoms with Gasteiger partial charge in [0.25, 0.3) is 0 Å². The largest absolute Gasteiger partial charge is 0.480 e. The second-order valence-corrected chi connectivity index (χ2v) is 11.2. The van der Waals surface area contributed by atoms with Crippen molar-refractivity contribution in [3.63, 3.8) is 0 Å². The number of carbonyl (C=O) groups excluding carboxylic acids is 2. The third-order valence-electron chi connectivity index (χ3n) is 6.80. The predicted octanol–water partition coefficient (Wildman–Crippen LogP) is 6.61. The number of halogens is 1. The zero-order valence-electron chi connectivity index (χ0n) is 22.3. The lowest BCUT2D eigenvalue weighted by molar-refractivity contribution is -0.139. The van der Waals surface area contributed by atoms with E-state index in [2.05, 4.69) is 5.32 Å². The van der Waals surface area contributed by atoms with E-state index in [1.807, 2.05) is 48.5 Å². The fourth-order valence-corrected chi connectivity index (χ4v) is 5.27. The Morgan fingerprint density at radius 3 is 2.23 bits per heavy atom. The van der Waals surface area contributed by atoms with Crippen molar-refractivity contribution in [1.29, 1.82) is 0 Å². The lowest BCUT2D eigenvalue weighted by Gasteiger charge is -2.19. The lowest BCUT2D eigenvalue weighted by atomic mass is 9.98. The van der Waals surface area contributed by atoms with Gasteiger partial charge in [-0.15, -0.1) is 0 Å². The summed E-state index contributed by atoms with van der Waals surface area (Å²) in [5.41, 5.74) is 4.59. The van der Waals surface area contributed by atoms with Crippen LogP contribution in [0.1, 0.15) is 43.4 Å². The maximum atomic E-state index is 12.9. The van der Waals surface area contributed by atoms with E-state index >= 15 is 0 Å². The Labute approximate surface area is 236 Å². The van der Waals surface area contributed by atoms with E-state index in [1.54, 1.807) is 39.0 Å². The minimum Gasteiger partial charge on any atom is -0.480 e. The molecule has 1 aliphatic carbocycles. The van der Waals surface area contributed by atoms with Crippen LogP contribution in [0.4, 0.5) is 9.59 Å². The zero-order valence-corrected chi connectivity index (χ0v) is 23.1. The molecule has 3 aromatic carbocycles. The SMILES string of the molecule is CC(C)(C)OC(=O)n1cc(CC(NC(=O)OCC2c3ccccc3-c3ccccc32)C(=O)O)c2cc(Cl)ccc21. The molecule has 4 aromatic rings. The van der Waals surface area contributed by atoms with Crippen LogP contribution in [-0.4, -0.2) is 46.1 Å². The van der Waals surface area contributed by atoms with Crippen molar-refractivity contribution in [3.05, 3.63) is 94.6 Å². The van der Waals surface area contributed by atoms with Crippen LogP contribution in [-0.2, 0) is 20.7 Å². The summed E-state index contributed by atoms with van der Waals surface area (Å²) in [5, 5.41) is 13.4. The predicted molar refractivity (Wildman–Crippen MR) is 152 cm³/mol. The zero-order chi connectivity index (χ0) is 28.6. The van der Waals surface area contributed by atoms with Crippen LogP contribution in [0.15, 0.2) is 72.9 Å². The van der Waals surface area contributed by atoms with E-state index < -0.39 is 29.8 Å². The number of nitrogens with zero attached hydrogens (tertiary/aromatic N) is 1. The minimum absolute atomic E-state index is 0.0553. The van der Waals surface area contributed by atoms with E-state index in [4.69, 9.17) is 21.1 Å². The third kappa shape index (κ3) is 5.53. The molecule has 0 spiro atoms. The van der Waals surface area contributed by atoms with Crippen molar-refractivity contribution in [2.24, 2.45) is 0 Å². The van der Waals surface area contributed by atoms with Crippen LogP contribution in [0.5, 0.6) is 0 Å². The number of benzene rings is 3. The summed E-state index contributed by atoms with van der Waals surface area (Å²) in [7, 11) is 0. The summed E-state index contributed by atoms with van der Waals surface area (Å²) in [4.78, 5) is 37.8. The minimum atomic E-state index is -1.31. The average molecular weight is 561 g/mol. The molecule has 40 heavy (non-hydrogen) atoms. The maximum Gasteiger partial charge on any atom is 0.419 e. The van der Waals surface area contributed by atoms with Crippen LogP contribution >= 0.6 is 11.6 Å². The van der Waals surface area contributed by atoms with Crippen molar-refractivity contribution in [2.75, 3.05) is 6.61 Å². The molecule has 0 aliphatic heterocycles. The summed E-state index contributed by atoms with van der Waals surface area (Å²) in [6.45, 7) is 5.33. The van der Waals surface area contributed by atoms with Gasteiger partial charge < -0.3 is 19.9 Å². The smallest absolute Gasteiger partial charge is 0.419 e. The maximum absolute atomic E-state index is 12.9. The van der Waals surface area contributed by atoms with Crippen molar-refractivity contribution in [2.45, 2.75) is 44.8 Å². The fourth-order valence-electron chi connectivity index (χ4n) is 5.10. The summed E-state index contributed by atoms with van der Waals surface area (Å²) in [6, 6.07) is 19.6. The number of ether oxygens (including phenoxy) is 2. The molecule has 0 radical (unpaired) electrons. The van der Waals surface area contributed by atoms with Gasteiger partial charge in [0.2, 0.25) is 0 Å². The molecule has 1 heterocycles. The molecule has 1 aromatic heterocycles. The molecule has 1 unspecified atom stereocenters. The molecule has 2 N–H and O–H groups in total. The van der Waals surface area contributed by atoms with E-state index in [0.29, 0.717) is 21.5 Å². The van der Waals surface area contributed by atoms with E-state index in [0.717, 1.165) is 22.3 Å². The van der Waals surface area contributed by atoms with Gasteiger partial charge in [0.1, 0.15) is 18.2 Å². The van der Waals surface area contributed by atoms with E-state index in [9.17, 15) is 19.5 Å². The summed E-state index contributed by atoms with van der Waals surface area (Å²) >= 11 is 6.21. The Bertz CT molecular complexity index is 1570. The number of fused-ring (bicyclic) bond motifs is 4. The number of carboxylic acids is 1. The fraction of sp³-hybridized carbons (Fsp3) is 0.258. The summed E-state index contributed by atoms with van der Waals surface area (Å²) in [5.74, 6) is -1.40. The molecule has 0 saturated carbocycles. The van der Waals surface area contributed by atoms with Crippen molar-refractivity contribution in [1.82, 2.24) is 9.88 Å². The van der Waals surface area contributed by atoms with E-state index in [-0.39, 0.29) is 18.9 Å². The van der Waals surface area contributed by atoms with Gasteiger partial charge >= 0.3 is 18.2 Å². The highest BCUT2D eigenvalue weighted by Crippen LogP contribution is 2.44. The number of hydrogen-bond acceptors (Lipinski definition) is 5. The summed E-state index contributed by atoms with van der Waals surface area (Å²) < 4.78 is 12.4. The first-order valence-corrected chi connectivity index (χ1v) is 13.3. The quantitative estimate of drug-likeness (QED) is 0.275. The second-order valence-electron chi connectivity index (χ2n) is 10.7. The number of aliphatic carboxylic acids is 1. The molecule has 8 nitrogen and oxygen atoms in total. The van der Waals surface area contributed by atoms with Gasteiger partial charge in [-0.2, -0.15) is 0 Å². The first-order valence-electron chi connectivity index (χ1n) is 12.9. The highest BCUT2D eigenvalue weighted by molar-refractivity contribution is 6.31. The molecule has 1 atom stereocenters. The molecule has 0 saturated heterocycles. The number of rotatable bonds is 6. The van der Waals surface area contributed by atoms with Crippen molar-refractivity contribution >= 4 is 40.7 Å². The number of nitrogens with one attached hydrogen (secondary N) is 1. The number of aromatic nitrogens is 1. The Balaban J connectivity index is 1.33. The van der Waals surface area contributed by atoms with Crippen molar-refractivity contribution < 1.29 is 29.0 Å². The van der Waals surface area contributed by atoms with Gasteiger partial charge in [-0.3, -0.25) is 4.57 Å². The molecular weight excluding hydrogens is 532 g/mol. The van der Waals surface area contributed by atoms with E-state index in [1.165, 1.54) is 10.8 Å². The van der Waals surface area contributed by atoms with Gasteiger partial charge in [0, 0.05) is 28.9 Å². The second kappa shape index (κ2) is 10.7. The number of carboxylic acid groups (broad SMARTS) is 1. The van der Waals surface area contributed by atoms with Crippen LogP contribution in [0.3, 0.4) is 0 Å². The monoisotopic (exact) mass is 560 g/mol. The van der Waals surface area contributed by atoms with Gasteiger partial charge in [-0.05, 0) is 66.8 Å². The highest BCUT2D eigenvalue weighted by atomic mass is 35.5. The third-order valence-corrected chi connectivity index (χ3v) is 7.03. The number of carbonyl (C=O) groups is 3. The number of amides is 1. The Kier molecular flexibility index (Phi) is 7.29. The average Bonchev–Trinajstić information content (AvgIpc) is 3.41. The molecule has 206 valence electrons. The Hall–Kier alpha value is -4.30. The van der Waals surface area contributed by atoms with Gasteiger partial charge in [-0.25, -0.2) is 14.4 Å². The number of alkyl carbamates (subject to hydrolysis) is 1. The van der Waals surface area contributed by atoms with Crippen LogP contribution < -0.4 is 5.32 Å². The van der Waals surface area contributed by atoms with Gasteiger partial charge in [-0.1, -0.05) is 60.1 Å². The summed E-state index contributed by atoms with van der Waals surface area (Å²) in [6.07, 6.45) is -0.0399. The normalized spacial score (nSPS) is 13.4. The van der Waals surface area contributed by atoms with Gasteiger partial charge in [0.15, 0.2) is 0 Å². The molecular formula is C31H29ClN2O6. The lowest BCUT2D eigenvalue weighted by Crippen LogP contribution is -2.42. The van der Waals surface area contributed by atoms with Crippen molar-refractivity contribution in [3.8, 4) is 11.1 Å². The first-order chi connectivity index (χ1) is 19.0. The highest BCUT2D eigenvalue weighted by Gasteiger charge is 2.30. The number of hydrogen-bond donors (Lipinski definition) is 2. The molecule has 1 amide bonds. The van der Waals surface area contributed by atoms with Crippen LogP contribution in [0.25, 0.3) is 22.0 Å². The van der Waals surface area contributed by atoms with Crippen LogP contribution in [0.2, 0.25) is 5.02 Å². The molecule has 5 rings (SSSR count). The standard InChI is InChI=1S/C31H29ClN2O6/c1-31(2,3)40-30(38)34-16-18(24-15-19(32)12-13-27(24)34)14-26(28(35)36)33-29(37)39-17-25-22-10-6-4-8-20(22)21-9-5-7-11-23(21)25/h4-13,15-16,25-26H,14,17H2,1-3H3,(H,33,37)(H,35,36). The topological polar surface area (TPSA) is 107 Å².